The summed E-state index contributed by atoms with van der Waals surface area (Å²) in [6.45, 7) is 0. The standard InChI is InChI=1S/C14H9F2NO/c15-12-5-11(6-13(16)7-12)14(18)10-3-1-2-9(4-10)8-17/h1-7,14,18H. The maximum Gasteiger partial charge on any atom is 0.126 e. The summed E-state index contributed by atoms with van der Waals surface area (Å²) in [6, 6.07) is 11.1. The predicted octanol–water partition coefficient (Wildman–Crippen LogP) is 2.92. The van der Waals surface area contributed by atoms with Crippen LogP contribution in [0, 0.1) is 23.0 Å². The Morgan fingerprint density at radius 2 is 1.67 bits per heavy atom. The van der Waals surface area contributed by atoms with Gasteiger partial charge in [-0.05, 0) is 35.4 Å². The monoisotopic (exact) mass is 245 g/mol. The van der Waals surface area contributed by atoms with E-state index in [1.165, 1.54) is 6.07 Å². The highest BCUT2D eigenvalue weighted by atomic mass is 19.1. The zero-order chi connectivity index (χ0) is 13.1. The summed E-state index contributed by atoms with van der Waals surface area (Å²) in [5.74, 6) is -1.50. The van der Waals surface area contributed by atoms with Gasteiger partial charge in [-0.25, -0.2) is 8.78 Å². The number of hydrogen-bond acceptors (Lipinski definition) is 2. The molecule has 2 aromatic rings. The van der Waals surface area contributed by atoms with Crippen LogP contribution in [0.15, 0.2) is 42.5 Å². The molecule has 2 aromatic carbocycles. The minimum Gasteiger partial charge on any atom is -0.384 e. The van der Waals surface area contributed by atoms with Crippen molar-refractivity contribution in [1.29, 1.82) is 5.26 Å². The van der Waals surface area contributed by atoms with Crippen LogP contribution in [0.5, 0.6) is 0 Å². The first-order chi connectivity index (χ1) is 8.60. The molecule has 0 aliphatic heterocycles. The number of benzene rings is 2. The Bertz CT molecular complexity index is 599. The second-order valence-electron chi connectivity index (χ2n) is 3.84. The molecular formula is C14H9F2NO. The van der Waals surface area contributed by atoms with Gasteiger partial charge in [0.2, 0.25) is 0 Å². The van der Waals surface area contributed by atoms with Crippen molar-refractivity contribution in [2.24, 2.45) is 0 Å². The molecule has 0 saturated heterocycles. The van der Waals surface area contributed by atoms with E-state index in [4.69, 9.17) is 5.26 Å². The summed E-state index contributed by atoms with van der Waals surface area (Å²) in [7, 11) is 0. The fourth-order valence-electron chi connectivity index (χ4n) is 1.70. The molecule has 1 atom stereocenters. The molecular weight excluding hydrogens is 236 g/mol. The van der Waals surface area contributed by atoms with Crippen LogP contribution in [-0.2, 0) is 0 Å². The van der Waals surface area contributed by atoms with E-state index < -0.39 is 17.7 Å². The van der Waals surface area contributed by atoms with Gasteiger partial charge in [0.05, 0.1) is 11.6 Å². The molecule has 2 rings (SSSR count). The van der Waals surface area contributed by atoms with E-state index in [2.05, 4.69) is 0 Å². The summed E-state index contributed by atoms with van der Waals surface area (Å²) in [5, 5.41) is 18.8. The largest absolute Gasteiger partial charge is 0.384 e. The molecule has 0 fully saturated rings. The second kappa shape index (κ2) is 4.94. The lowest BCUT2D eigenvalue weighted by Gasteiger charge is -2.12. The van der Waals surface area contributed by atoms with Crippen molar-refractivity contribution in [1.82, 2.24) is 0 Å². The second-order valence-corrected chi connectivity index (χ2v) is 3.84. The molecule has 18 heavy (non-hydrogen) atoms. The maximum absolute atomic E-state index is 13.0. The molecule has 0 radical (unpaired) electrons. The van der Waals surface area contributed by atoms with Crippen LogP contribution in [0.4, 0.5) is 8.78 Å². The lowest BCUT2D eigenvalue weighted by Crippen LogP contribution is -2.01. The lowest BCUT2D eigenvalue weighted by atomic mass is 10.00. The fourth-order valence-corrected chi connectivity index (χ4v) is 1.70. The Morgan fingerprint density at radius 1 is 1.00 bits per heavy atom. The Kier molecular flexibility index (Phi) is 3.35. The molecule has 0 saturated carbocycles. The number of halogens is 2. The average Bonchev–Trinajstić information content (AvgIpc) is 2.37. The predicted molar refractivity (Wildman–Crippen MR) is 61.6 cm³/mol. The van der Waals surface area contributed by atoms with Crippen LogP contribution >= 0.6 is 0 Å². The fraction of sp³-hybridized carbons (Fsp3) is 0.0714. The summed E-state index contributed by atoms with van der Waals surface area (Å²) in [5.41, 5.74) is 0.907. The van der Waals surface area contributed by atoms with Crippen molar-refractivity contribution in [3.63, 3.8) is 0 Å². The third-order valence-corrected chi connectivity index (χ3v) is 2.53. The molecule has 1 unspecified atom stereocenters. The van der Waals surface area contributed by atoms with E-state index >= 15 is 0 Å². The van der Waals surface area contributed by atoms with Gasteiger partial charge in [0.25, 0.3) is 0 Å². The summed E-state index contributed by atoms with van der Waals surface area (Å²) >= 11 is 0. The number of nitriles is 1. The van der Waals surface area contributed by atoms with Gasteiger partial charge in [-0.15, -0.1) is 0 Å². The van der Waals surface area contributed by atoms with Gasteiger partial charge in [-0.1, -0.05) is 12.1 Å². The van der Waals surface area contributed by atoms with Crippen LogP contribution in [0.2, 0.25) is 0 Å². The van der Waals surface area contributed by atoms with Crippen LogP contribution in [-0.4, -0.2) is 5.11 Å². The van der Waals surface area contributed by atoms with Crippen LogP contribution < -0.4 is 0 Å². The molecule has 0 bridgehead atoms. The highest BCUT2D eigenvalue weighted by Crippen LogP contribution is 2.24. The number of aliphatic hydroxyl groups is 1. The molecule has 2 nitrogen and oxygen atoms in total. The first-order valence-electron chi connectivity index (χ1n) is 5.24. The molecule has 0 aliphatic carbocycles. The molecule has 0 aromatic heterocycles. The van der Waals surface area contributed by atoms with Crippen molar-refractivity contribution >= 4 is 0 Å². The van der Waals surface area contributed by atoms with Gasteiger partial charge in [0.15, 0.2) is 0 Å². The van der Waals surface area contributed by atoms with Crippen molar-refractivity contribution in [2.75, 3.05) is 0 Å². The first kappa shape index (κ1) is 12.2. The topological polar surface area (TPSA) is 44.0 Å². The normalized spacial score (nSPS) is 11.9. The van der Waals surface area contributed by atoms with Gasteiger partial charge >= 0.3 is 0 Å². The molecule has 0 aliphatic rings. The Labute approximate surface area is 103 Å². The minimum absolute atomic E-state index is 0.114. The summed E-state index contributed by atoms with van der Waals surface area (Å²) < 4.78 is 26.1. The van der Waals surface area contributed by atoms with E-state index in [1.54, 1.807) is 18.2 Å². The van der Waals surface area contributed by atoms with Gasteiger partial charge in [-0.2, -0.15) is 5.26 Å². The van der Waals surface area contributed by atoms with Crippen LogP contribution in [0.25, 0.3) is 0 Å². The van der Waals surface area contributed by atoms with Crippen molar-refractivity contribution in [2.45, 2.75) is 6.10 Å². The molecule has 1 N–H and O–H groups in total. The van der Waals surface area contributed by atoms with Crippen molar-refractivity contribution < 1.29 is 13.9 Å². The molecule has 0 spiro atoms. The highest BCUT2D eigenvalue weighted by Gasteiger charge is 2.13. The van der Waals surface area contributed by atoms with Crippen LogP contribution in [0.1, 0.15) is 22.8 Å². The average molecular weight is 245 g/mol. The van der Waals surface area contributed by atoms with E-state index in [-0.39, 0.29) is 5.56 Å². The van der Waals surface area contributed by atoms with Gasteiger partial charge in [0, 0.05) is 6.07 Å². The summed E-state index contributed by atoms with van der Waals surface area (Å²) in [4.78, 5) is 0. The maximum atomic E-state index is 13.0. The number of hydrogen-bond donors (Lipinski definition) is 1. The lowest BCUT2D eigenvalue weighted by molar-refractivity contribution is 0.219. The van der Waals surface area contributed by atoms with Gasteiger partial charge < -0.3 is 5.11 Å². The summed E-state index contributed by atoms with van der Waals surface area (Å²) in [6.07, 6.45) is -1.16. The van der Waals surface area contributed by atoms with Crippen molar-refractivity contribution in [3.05, 3.63) is 70.8 Å². The van der Waals surface area contributed by atoms with Crippen LogP contribution in [0.3, 0.4) is 0 Å². The van der Waals surface area contributed by atoms with E-state index in [0.717, 1.165) is 18.2 Å². The minimum atomic E-state index is -1.16. The molecule has 90 valence electrons. The Hall–Kier alpha value is -2.25. The Morgan fingerprint density at radius 3 is 2.28 bits per heavy atom. The molecule has 0 heterocycles. The van der Waals surface area contributed by atoms with E-state index in [9.17, 15) is 13.9 Å². The number of nitrogens with zero attached hydrogens (tertiary/aromatic N) is 1. The first-order valence-corrected chi connectivity index (χ1v) is 5.24. The highest BCUT2D eigenvalue weighted by molar-refractivity contribution is 5.37. The third kappa shape index (κ3) is 2.53. The zero-order valence-electron chi connectivity index (χ0n) is 9.27. The quantitative estimate of drug-likeness (QED) is 0.884. The molecule has 0 amide bonds. The number of aliphatic hydroxyl groups excluding tert-OH is 1. The Balaban J connectivity index is 2.41. The third-order valence-electron chi connectivity index (χ3n) is 2.53. The smallest absolute Gasteiger partial charge is 0.126 e. The zero-order valence-corrected chi connectivity index (χ0v) is 9.27. The molecule has 4 heteroatoms. The van der Waals surface area contributed by atoms with Crippen molar-refractivity contribution in [3.8, 4) is 6.07 Å². The van der Waals surface area contributed by atoms with Gasteiger partial charge in [0.1, 0.15) is 17.7 Å². The van der Waals surface area contributed by atoms with E-state index in [1.807, 2.05) is 6.07 Å². The SMILES string of the molecule is N#Cc1cccc(C(O)c2cc(F)cc(F)c2)c1. The number of rotatable bonds is 2. The van der Waals surface area contributed by atoms with E-state index in [0.29, 0.717) is 11.1 Å². The van der Waals surface area contributed by atoms with Gasteiger partial charge in [-0.3, -0.25) is 0 Å².